The van der Waals surface area contributed by atoms with Crippen LogP contribution >= 0.6 is 11.8 Å². The van der Waals surface area contributed by atoms with Crippen LogP contribution in [0.1, 0.15) is 38.4 Å². The number of anilines is 1. The largest absolute Gasteiger partial charge is 0.491 e. The zero-order valence-corrected chi connectivity index (χ0v) is 20.4. The summed E-state index contributed by atoms with van der Waals surface area (Å²) in [7, 11) is 0. The predicted molar refractivity (Wildman–Crippen MR) is 132 cm³/mol. The van der Waals surface area contributed by atoms with Gasteiger partial charge in [-0.15, -0.1) is 11.8 Å². The van der Waals surface area contributed by atoms with Crippen LogP contribution in [0.15, 0.2) is 65.6 Å². The van der Waals surface area contributed by atoms with Gasteiger partial charge in [0.25, 0.3) is 5.91 Å². The highest BCUT2D eigenvalue weighted by molar-refractivity contribution is 7.98. The standard InChI is InChI=1S/C25H32N2O6S/c1-25(2,14-5-4-9-22(29)27-31)23(18-7-6-8-20(17-18)32-16-15-28)33-24(30)26-19-10-12-21(34-3)13-11-19/h4,6-13,17,23,28,31H,5,14-16H2,1-3H3,(H,26,30)(H,27,29)/b9-4+/t23-/m0/s1. The zero-order valence-electron chi connectivity index (χ0n) is 19.6. The van der Waals surface area contributed by atoms with Crippen LogP contribution in [0.4, 0.5) is 10.5 Å². The molecule has 0 heterocycles. The second-order valence-electron chi connectivity index (χ2n) is 8.19. The number of hydroxylamine groups is 1. The van der Waals surface area contributed by atoms with Crippen LogP contribution in [0.25, 0.3) is 0 Å². The summed E-state index contributed by atoms with van der Waals surface area (Å²) in [6.07, 6.45) is 4.78. The molecule has 0 radical (unpaired) electrons. The smallest absolute Gasteiger partial charge is 0.412 e. The van der Waals surface area contributed by atoms with E-state index in [0.29, 0.717) is 24.3 Å². The Hall–Kier alpha value is -3.01. The number of carbonyl (C=O) groups excluding carboxylic acids is 2. The Morgan fingerprint density at radius 1 is 1.18 bits per heavy atom. The number of benzene rings is 2. The summed E-state index contributed by atoms with van der Waals surface area (Å²) in [5, 5.41) is 20.4. The van der Waals surface area contributed by atoms with Crippen LogP contribution in [-0.2, 0) is 9.53 Å². The van der Waals surface area contributed by atoms with E-state index >= 15 is 0 Å². The first kappa shape index (κ1) is 27.2. The van der Waals surface area contributed by atoms with Gasteiger partial charge in [0.05, 0.1) is 6.61 Å². The van der Waals surface area contributed by atoms with Gasteiger partial charge in [-0.05, 0) is 61.1 Å². The summed E-state index contributed by atoms with van der Waals surface area (Å²) in [6, 6.07) is 14.7. The van der Waals surface area contributed by atoms with Crippen LogP contribution in [0.5, 0.6) is 5.75 Å². The SMILES string of the molecule is CSc1ccc(NC(=O)O[C@@H](c2cccc(OCCO)c2)C(C)(C)CC/C=C/C(=O)NO)cc1. The summed E-state index contributed by atoms with van der Waals surface area (Å²) >= 11 is 1.61. The number of amides is 2. The number of carbonyl (C=O) groups is 2. The van der Waals surface area contributed by atoms with Crippen LogP contribution < -0.4 is 15.5 Å². The lowest BCUT2D eigenvalue weighted by atomic mass is 9.78. The molecule has 2 amide bonds. The number of hydrogen-bond donors (Lipinski definition) is 4. The summed E-state index contributed by atoms with van der Waals surface area (Å²) < 4.78 is 11.4. The average molecular weight is 489 g/mol. The fourth-order valence-electron chi connectivity index (χ4n) is 3.35. The van der Waals surface area contributed by atoms with Gasteiger partial charge < -0.3 is 14.6 Å². The van der Waals surface area contributed by atoms with Crippen molar-refractivity contribution in [1.82, 2.24) is 5.48 Å². The molecule has 8 nitrogen and oxygen atoms in total. The minimum atomic E-state index is -0.629. The van der Waals surface area contributed by atoms with Crippen molar-refractivity contribution >= 4 is 29.4 Å². The second-order valence-corrected chi connectivity index (χ2v) is 9.07. The third-order valence-corrected chi connectivity index (χ3v) is 5.87. The third-order valence-electron chi connectivity index (χ3n) is 5.13. The fraction of sp³-hybridized carbons (Fsp3) is 0.360. The van der Waals surface area contributed by atoms with Gasteiger partial charge >= 0.3 is 6.09 Å². The van der Waals surface area contributed by atoms with E-state index in [1.807, 2.05) is 50.4 Å². The maximum atomic E-state index is 12.8. The van der Waals surface area contributed by atoms with Crippen molar-refractivity contribution in [1.29, 1.82) is 0 Å². The molecule has 0 aliphatic heterocycles. The molecule has 2 aromatic carbocycles. The number of nitrogens with one attached hydrogen (secondary N) is 2. The van der Waals surface area contributed by atoms with Crippen LogP contribution in [0.2, 0.25) is 0 Å². The van der Waals surface area contributed by atoms with Gasteiger partial charge in [-0.2, -0.15) is 0 Å². The molecule has 0 aliphatic rings. The fourth-order valence-corrected chi connectivity index (χ4v) is 3.76. The van der Waals surface area contributed by atoms with Crippen molar-refractivity contribution in [2.24, 2.45) is 5.41 Å². The first-order chi connectivity index (χ1) is 16.3. The number of rotatable bonds is 12. The number of ether oxygens (including phenoxy) is 2. The molecule has 0 aromatic heterocycles. The van der Waals surface area contributed by atoms with Crippen molar-refractivity contribution < 1.29 is 29.4 Å². The molecule has 2 aromatic rings. The van der Waals surface area contributed by atoms with E-state index < -0.39 is 23.5 Å². The summed E-state index contributed by atoms with van der Waals surface area (Å²) in [4.78, 5) is 25.1. The quantitative estimate of drug-likeness (QED) is 0.145. The van der Waals surface area contributed by atoms with Gasteiger partial charge in [-0.1, -0.05) is 32.1 Å². The van der Waals surface area contributed by atoms with Crippen molar-refractivity contribution in [2.45, 2.75) is 37.7 Å². The normalized spacial score (nSPS) is 12.3. The van der Waals surface area contributed by atoms with E-state index in [9.17, 15) is 9.59 Å². The van der Waals surface area contributed by atoms with E-state index in [2.05, 4.69) is 5.32 Å². The van der Waals surface area contributed by atoms with Gasteiger partial charge in [-0.25, -0.2) is 10.3 Å². The first-order valence-corrected chi connectivity index (χ1v) is 12.1. The molecule has 0 saturated heterocycles. The molecule has 34 heavy (non-hydrogen) atoms. The summed E-state index contributed by atoms with van der Waals surface area (Å²) in [5.74, 6) is -0.0465. The Morgan fingerprint density at radius 2 is 1.91 bits per heavy atom. The van der Waals surface area contributed by atoms with E-state index in [1.165, 1.54) is 6.08 Å². The van der Waals surface area contributed by atoms with Gasteiger partial charge in [0, 0.05) is 22.1 Å². The second kappa shape index (κ2) is 13.6. The average Bonchev–Trinajstić information content (AvgIpc) is 2.84. The van der Waals surface area contributed by atoms with Crippen molar-refractivity contribution in [3.63, 3.8) is 0 Å². The highest BCUT2D eigenvalue weighted by Gasteiger charge is 2.34. The topological polar surface area (TPSA) is 117 Å². The number of hydrogen-bond acceptors (Lipinski definition) is 7. The molecule has 184 valence electrons. The molecule has 4 N–H and O–H groups in total. The number of aliphatic hydroxyl groups is 1. The van der Waals surface area contributed by atoms with Gasteiger partial charge in [0.1, 0.15) is 18.5 Å². The lowest BCUT2D eigenvalue weighted by molar-refractivity contribution is -0.124. The molecule has 0 saturated carbocycles. The van der Waals surface area contributed by atoms with Crippen molar-refractivity contribution in [3.05, 3.63) is 66.2 Å². The zero-order chi connectivity index (χ0) is 25.0. The van der Waals surface area contributed by atoms with Gasteiger partial charge in [0.2, 0.25) is 0 Å². The maximum Gasteiger partial charge on any atom is 0.412 e. The molecular weight excluding hydrogens is 456 g/mol. The van der Waals surface area contributed by atoms with E-state index in [-0.39, 0.29) is 13.2 Å². The van der Waals surface area contributed by atoms with Crippen molar-refractivity contribution in [2.75, 3.05) is 24.8 Å². The highest BCUT2D eigenvalue weighted by Crippen LogP contribution is 2.41. The number of allylic oxidation sites excluding steroid dienone is 1. The Bertz CT molecular complexity index is 962. The minimum absolute atomic E-state index is 0.110. The van der Waals surface area contributed by atoms with Crippen LogP contribution in [0, 0.1) is 5.41 Å². The molecule has 2 rings (SSSR count). The van der Waals surface area contributed by atoms with Crippen LogP contribution in [0.3, 0.4) is 0 Å². The molecule has 0 aliphatic carbocycles. The van der Waals surface area contributed by atoms with E-state index in [0.717, 1.165) is 10.5 Å². The van der Waals surface area contributed by atoms with Gasteiger partial charge in [0.15, 0.2) is 0 Å². The van der Waals surface area contributed by atoms with E-state index in [4.69, 9.17) is 19.8 Å². The number of aliphatic hydroxyl groups excluding tert-OH is 1. The molecule has 0 spiro atoms. The molecule has 1 atom stereocenters. The molecule has 0 bridgehead atoms. The minimum Gasteiger partial charge on any atom is -0.491 e. The monoisotopic (exact) mass is 488 g/mol. The Labute approximate surface area is 204 Å². The number of thioether (sulfide) groups is 1. The maximum absolute atomic E-state index is 12.8. The lowest BCUT2D eigenvalue weighted by Gasteiger charge is -2.34. The van der Waals surface area contributed by atoms with Crippen molar-refractivity contribution in [3.8, 4) is 5.75 Å². The molecular formula is C25H32N2O6S. The lowest BCUT2D eigenvalue weighted by Crippen LogP contribution is -2.29. The highest BCUT2D eigenvalue weighted by atomic mass is 32.2. The Morgan fingerprint density at radius 3 is 2.56 bits per heavy atom. The van der Waals surface area contributed by atoms with Crippen LogP contribution in [-0.4, -0.2) is 41.8 Å². The predicted octanol–water partition coefficient (Wildman–Crippen LogP) is 4.94. The summed E-state index contributed by atoms with van der Waals surface area (Å²) in [6.45, 7) is 3.99. The first-order valence-electron chi connectivity index (χ1n) is 10.8. The Balaban J connectivity index is 2.22. The molecule has 0 fully saturated rings. The molecule has 9 heteroatoms. The van der Waals surface area contributed by atoms with Gasteiger partial charge in [-0.3, -0.25) is 15.3 Å². The Kier molecular flexibility index (Phi) is 10.9. The van der Waals surface area contributed by atoms with E-state index in [1.54, 1.807) is 41.5 Å². The summed E-state index contributed by atoms with van der Waals surface area (Å²) in [5.41, 5.74) is 2.40. The third kappa shape index (κ3) is 8.74. The molecule has 0 unspecified atom stereocenters.